The number of carbonyl (C=O) groups is 1. The van der Waals surface area contributed by atoms with Crippen molar-refractivity contribution in [3.63, 3.8) is 0 Å². The third-order valence-electron chi connectivity index (χ3n) is 5.76. The van der Waals surface area contributed by atoms with E-state index in [2.05, 4.69) is 5.32 Å². The first-order chi connectivity index (χ1) is 10.5. The number of hydrogen-bond acceptors (Lipinski definition) is 3. The molecule has 2 N–H and O–H groups in total. The van der Waals surface area contributed by atoms with E-state index in [4.69, 9.17) is 11.6 Å². The molecule has 3 aliphatic rings. The number of nitrogens with one attached hydrogen (secondary N) is 1. The molecule has 1 amide bonds. The van der Waals surface area contributed by atoms with Crippen LogP contribution in [0.3, 0.4) is 0 Å². The fraction of sp³-hybridized carbons (Fsp3) is 0.588. The van der Waals surface area contributed by atoms with E-state index in [-0.39, 0.29) is 11.9 Å². The number of benzene rings is 1. The van der Waals surface area contributed by atoms with E-state index in [1.807, 2.05) is 24.0 Å². The minimum atomic E-state index is -1.54. The molecule has 2 aliphatic heterocycles. The Hall–Kier alpha value is -1.26. The standard InChI is InChI=1S/C17H21ClN2O2/c1-16-10-20(12-5-3-2-4-6-12)15(21)17(16,22)19-14-8-7-11(18)9-13(14)16/h7-9,12,19,22H,2-6,10H2,1H3/t16-,17+/m1/s1. The topological polar surface area (TPSA) is 52.6 Å². The van der Waals surface area contributed by atoms with Crippen molar-refractivity contribution in [2.24, 2.45) is 0 Å². The maximum atomic E-state index is 12.9. The number of hydrogen-bond donors (Lipinski definition) is 2. The largest absolute Gasteiger partial charge is 0.362 e. The first-order valence-electron chi connectivity index (χ1n) is 8.07. The molecular weight excluding hydrogens is 300 g/mol. The smallest absolute Gasteiger partial charge is 0.277 e. The molecule has 1 aromatic carbocycles. The number of rotatable bonds is 1. The van der Waals surface area contributed by atoms with Crippen LogP contribution in [-0.2, 0) is 10.2 Å². The molecule has 0 bridgehead atoms. The Morgan fingerprint density at radius 2 is 2.05 bits per heavy atom. The van der Waals surface area contributed by atoms with Crippen LogP contribution in [0.4, 0.5) is 5.69 Å². The molecule has 1 aliphatic carbocycles. The number of nitrogens with zero attached hydrogens (tertiary/aromatic N) is 1. The molecule has 1 saturated carbocycles. The highest BCUT2D eigenvalue weighted by Crippen LogP contribution is 2.52. The molecule has 5 heteroatoms. The van der Waals surface area contributed by atoms with Crippen LogP contribution in [0.25, 0.3) is 0 Å². The van der Waals surface area contributed by atoms with Crippen molar-refractivity contribution in [3.8, 4) is 0 Å². The summed E-state index contributed by atoms with van der Waals surface area (Å²) in [5, 5.41) is 14.8. The number of anilines is 1. The van der Waals surface area contributed by atoms with Gasteiger partial charge >= 0.3 is 0 Å². The second kappa shape index (κ2) is 4.62. The van der Waals surface area contributed by atoms with Gasteiger partial charge in [-0.25, -0.2) is 0 Å². The Morgan fingerprint density at radius 1 is 1.32 bits per heavy atom. The van der Waals surface area contributed by atoms with Crippen LogP contribution < -0.4 is 5.32 Å². The van der Waals surface area contributed by atoms with E-state index in [1.54, 1.807) is 6.07 Å². The summed E-state index contributed by atoms with van der Waals surface area (Å²) in [6, 6.07) is 5.76. The maximum Gasteiger partial charge on any atom is 0.277 e. The molecule has 0 radical (unpaired) electrons. The lowest BCUT2D eigenvalue weighted by Gasteiger charge is -2.32. The minimum absolute atomic E-state index is 0.186. The molecule has 4 nitrogen and oxygen atoms in total. The molecule has 0 unspecified atom stereocenters. The summed E-state index contributed by atoms with van der Waals surface area (Å²) in [5.41, 5.74) is -0.445. The van der Waals surface area contributed by atoms with Gasteiger partial charge in [-0.2, -0.15) is 0 Å². The first-order valence-corrected chi connectivity index (χ1v) is 8.45. The summed E-state index contributed by atoms with van der Waals surface area (Å²) in [5.74, 6) is -0.186. The molecule has 2 atom stereocenters. The zero-order chi connectivity index (χ0) is 15.5. The molecule has 118 valence electrons. The van der Waals surface area contributed by atoms with E-state index in [9.17, 15) is 9.90 Å². The Bertz CT molecular complexity index is 644. The monoisotopic (exact) mass is 320 g/mol. The third kappa shape index (κ3) is 1.71. The van der Waals surface area contributed by atoms with Crippen LogP contribution in [0.1, 0.15) is 44.6 Å². The predicted molar refractivity (Wildman–Crippen MR) is 86.0 cm³/mol. The van der Waals surface area contributed by atoms with Gasteiger partial charge in [0, 0.05) is 23.3 Å². The first kappa shape index (κ1) is 14.3. The highest BCUT2D eigenvalue weighted by Gasteiger charge is 2.66. The predicted octanol–water partition coefficient (Wildman–Crippen LogP) is 2.89. The second-order valence-corrected chi connectivity index (χ2v) is 7.52. The van der Waals surface area contributed by atoms with Crippen LogP contribution in [0, 0.1) is 0 Å². The summed E-state index contributed by atoms with van der Waals surface area (Å²) in [6.07, 6.45) is 5.66. The van der Waals surface area contributed by atoms with Gasteiger partial charge in [0.1, 0.15) is 0 Å². The SMILES string of the molecule is C[C@]12CN(C3CCCCC3)C(=O)[C@@]1(O)Nc1ccc(Cl)cc12. The Labute approximate surface area is 135 Å². The minimum Gasteiger partial charge on any atom is -0.362 e. The van der Waals surface area contributed by atoms with Crippen molar-refractivity contribution in [1.29, 1.82) is 0 Å². The van der Waals surface area contributed by atoms with Crippen molar-refractivity contribution in [2.45, 2.75) is 56.2 Å². The zero-order valence-electron chi connectivity index (χ0n) is 12.7. The molecule has 1 saturated heterocycles. The molecule has 4 rings (SSSR count). The summed E-state index contributed by atoms with van der Waals surface area (Å²) in [4.78, 5) is 14.8. The van der Waals surface area contributed by atoms with Crippen LogP contribution >= 0.6 is 11.6 Å². The summed E-state index contributed by atoms with van der Waals surface area (Å²) in [6.45, 7) is 2.51. The summed E-state index contributed by atoms with van der Waals surface area (Å²) in [7, 11) is 0. The van der Waals surface area contributed by atoms with Gasteiger partial charge < -0.3 is 15.3 Å². The lowest BCUT2D eigenvalue weighted by molar-refractivity contribution is -0.144. The molecule has 0 aromatic heterocycles. The molecule has 22 heavy (non-hydrogen) atoms. The second-order valence-electron chi connectivity index (χ2n) is 7.08. The van der Waals surface area contributed by atoms with Crippen molar-refractivity contribution in [2.75, 3.05) is 11.9 Å². The van der Waals surface area contributed by atoms with Gasteiger partial charge in [0.05, 0.1) is 5.41 Å². The fourth-order valence-electron chi connectivity index (χ4n) is 4.41. The maximum absolute atomic E-state index is 12.9. The van der Waals surface area contributed by atoms with Gasteiger partial charge in [-0.3, -0.25) is 4.79 Å². The normalized spacial score (nSPS) is 34.5. The van der Waals surface area contributed by atoms with Gasteiger partial charge in [0.25, 0.3) is 5.91 Å². The molecule has 0 spiro atoms. The van der Waals surface area contributed by atoms with Gasteiger partial charge in [-0.05, 0) is 43.5 Å². The van der Waals surface area contributed by atoms with Crippen LogP contribution in [-0.4, -0.2) is 34.2 Å². The fourth-order valence-corrected chi connectivity index (χ4v) is 4.58. The Kier molecular flexibility index (Phi) is 3.01. The van der Waals surface area contributed by atoms with Crippen molar-refractivity contribution >= 4 is 23.2 Å². The van der Waals surface area contributed by atoms with Gasteiger partial charge in [-0.15, -0.1) is 0 Å². The van der Waals surface area contributed by atoms with Crippen molar-refractivity contribution in [3.05, 3.63) is 28.8 Å². The molecule has 1 aromatic rings. The highest BCUT2D eigenvalue weighted by atomic mass is 35.5. The number of fused-ring (bicyclic) bond motifs is 3. The van der Waals surface area contributed by atoms with Crippen molar-refractivity contribution in [1.82, 2.24) is 4.90 Å². The average molecular weight is 321 g/mol. The lowest BCUT2D eigenvalue weighted by atomic mass is 9.78. The number of halogens is 1. The van der Waals surface area contributed by atoms with Gasteiger partial charge in [0.15, 0.2) is 0 Å². The Balaban J connectivity index is 1.74. The third-order valence-corrected chi connectivity index (χ3v) is 6.00. The average Bonchev–Trinajstić information content (AvgIpc) is 2.86. The molecule has 2 heterocycles. The Morgan fingerprint density at radius 3 is 2.77 bits per heavy atom. The summed E-state index contributed by atoms with van der Waals surface area (Å²) >= 11 is 6.13. The highest BCUT2D eigenvalue weighted by molar-refractivity contribution is 6.30. The number of likely N-dealkylation sites (tertiary alicyclic amines) is 1. The van der Waals surface area contributed by atoms with Crippen LogP contribution in [0.5, 0.6) is 0 Å². The number of aliphatic hydroxyl groups is 1. The van der Waals surface area contributed by atoms with E-state index in [0.717, 1.165) is 24.1 Å². The summed E-state index contributed by atoms with van der Waals surface area (Å²) < 4.78 is 0. The van der Waals surface area contributed by atoms with Crippen LogP contribution in [0.15, 0.2) is 18.2 Å². The van der Waals surface area contributed by atoms with Crippen molar-refractivity contribution < 1.29 is 9.90 Å². The van der Waals surface area contributed by atoms with E-state index in [0.29, 0.717) is 11.6 Å². The lowest BCUT2D eigenvalue weighted by Crippen LogP contribution is -2.53. The van der Waals surface area contributed by atoms with E-state index in [1.165, 1.54) is 19.3 Å². The van der Waals surface area contributed by atoms with Gasteiger partial charge in [0.2, 0.25) is 5.72 Å². The van der Waals surface area contributed by atoms with E-state index < -0.39 is 11.1 Å². The molecule has 2 fully saturated rings. The quantitative estimate of drug-likeness (QED) is 0.836. The number of carbonyl (C=O) groups excluding carboxylic acids is 1. The number of amides is 1. The van der Waals surface area contributed by atoms with Crippen LogP contribution in [0.2, 0.25) is 5.02 Å². The zero-order valence-corrected chi connectivity index (χ0v) is 13.5. The van der Waals surface area contributed by atoms with E-state index >= 15 is 0 Å². The molecular formula is C17H21ClN2O2. The van der Waals surface area contributed by atoms with Gasteiger partial charge in [-0.1, -0.05) is 30.9 Å².